The lowest BCUT2D eigenvalue weighted by molar-refractivity contribution is 0.202. The molecule has 29 heavy (non-hydrogen) atoms. The number of unbranched alkanes of at least 4 members (excludes halogenated alkanes) is 1. The largest absolute Gasteiger partial charge is 0.327 e. The van der Waals surface area contributed by atoms with Gasteiger partial charge in [-0.15, -0.1) is 0 Å². The van der Waals surface area contributed by atoms with Crippen LogP contribution in [0.25, 0.3) is 17.1 Å². The first-order valence-electron chi connectivity index (χ1n) is 11.2. The number of hydrogen-bond acceptors (Lipinski definition) is 4. The van der Waals surface area contributed by atoms with Crippen LogP contribution >= 0.6 is 0 Å². The van der Waals surface area contributed by atoms with Crippen molar-refractivity contribution >= 4 is 17.1 Å². The summed E-state index contributed by atoms with van der Waals surface area (Å²) in [6, 6.07) is 6.51. The molecule has 5 heteroatoms. The highest BCUT2D eigenvalue weighted by Crippen LogP contribution is 2.28. The fraction of sp³-hybridized carbons (Fsp3) is 0.542. The minimum atomic E-state index is 0.838. The lowest BCUT2D eigenvalue weighted by Gasteiger charge is -2.19. The SMILES string of the molecule is CCCCc1nc2cc(/C=C/C(NO)=C3CCC3)ccc2n1CCN(CC)CC. The number of imidazole rings is 1. The maximum atomic E-state index is 9.40. The van der Waals surface area contributed by atoms with Crippen LogP contribution in [0.2, 0.25) is 0 Å². The standard InChI is InChI=1S/C24H36N4O/c1-4-7-11-24-25-22-18-19(12-14-21(26-29)20-9-8-10-20)13-15-23(22)28(24)17-16-27(5-2)6-3/h12-15,18,26,29H,4-11,16-17H2,1-3H3/b14-12+. The number of nitrogens with one attached hydrogen (secondary N) is 1. The lowest BCUT2D eigenvalue weighted by Crippen LogP contribution is -2.27. The lowest BCUT2D eigenvalue weighted by atomic mass is 9.90. The van der Waals surface area contributed by atoms with Crippen molar-refractivity contribution in [2.24, 2.45) is 0 Å². The predicted molar refractivity (Wildman–Crippen MR) is 121 cm³/mol. The highest BCUT2D eigenvalue weighted by Gasteiger charge is 2.13. The van der Waals surface area contributed by atoms with Crippen molar-refractivity contribution in [1.82, 2.24) is 19.9 Å². The molecule has 0 amide bonds. The van der Waals surface area contributed by atoms with Crippen LogP contribution in [0.1, 0.15) is 64.3 Å². The molecule has 0 unspecified atom stereocenters. The first-order valence-corrected chi connectivity index (χ1v) is 11.2. The van der Waals surface area contributed by atoms with Gasteiger partial charge in [0, 0.05) is 19.5 Å². The van der Waals surface area contributed by atoms with Crippen LogP contribution in [0.15, 0.2) is 35.5 Å². The Morgan fingerprint density at radius 3 is 2.66 bits per heavy atom. The number of aryl methyl sites for hydroxylation is 1. The number of hydroxylamine groups is 1. The van der Waals surface area contributed by atoms with Gasteiger partial charge in [-0.1, -0.05) is 39.3 Å². The monoisotopic (exact) mass is 396 g/mol. The molecule has 158 valence electrons. The van der Waals surface area contributed by atoms with Gasteiger partial charge >= 0.3 is 0 Å². The van der Waals surface area contributed by atoms with Gasteiger partial charge in [0.05, 0.1) is 16.7 Å². The summed E-state index contributed by atoms with van der Waals surface area (Å²) < 4.78 is 2.41. The third-order valence-electron chi connectivity index (χ3n) is 6.04. The van der Waals surface area contributed by atoms with Gasteiger partial charge in [-0.05, 0) is 68.1 Å². The van der Waals surface area contributed by atoms with Gasteiger partial charge in [-0.2, -0.15) is 0 Å². The number of hydrogen-bond donors (Lipinski definition) is 2. The fourth-order valence-electron chi connectivity index (χ4n) is 3.89. The Labute approximate surface area is 175 Å². The van der Waals surface area contributed by atoms with Crippen molar-refractivity contribution in [3.8, 4) is 0 Å². The topological polar surface area (TPSA) is 53.3 Å². The van der Waals surface area contributed by atoms with E-state index >= 15 is 0 Å². The number of nitrogens with zero attached hydrogens (tertiary/aromatic N) is 3. The average Bonchev–Trinajstić information content (AvgIpc) is 3.05. The molecule has 0 saturated heterocycles. The number of aromatic nitrogens is 2. The molecule has 0 aliphatic heterocycles. The molecule has 1 heterocycles. The quantitative estimate of drug-likeness (QED) is 0.516. The molecule has 1 aliphatic carbocycles. The van der Waals surface area contributed by atoms with Crippen molar-refractivity contribution in [3.63, 3.8) is 0 Å². The molecule has 5 nitrogen and oxygen atoms in total. The third kappa shape index (κ3) is 5.28. The van der Waals surface area contributed by atoms with E-state index in [2.05, 4.69) is 60.0 Å². The van der Waals surface area contributed by atoms with Crippen LogP contribution in [0, 0.1) is 0 Å². The summed E-state index contributed by atoms with van der Waals surface area (Å²) in [6.45, 7) is 10.9. The maximum absolute atomic E-state index is 9.40. The summed E-state index contributed by atoms with van der Waals surface area (Å²) in [5, 5.41) is 9.40. The molecule has 0 atom stereocenters. The van der Waals surface area contributed by atoms with E-state index in [9.17, 15) is 5.21 Å². The zero-order chi connectivity index (χ0) is 20.6. The number of likely N-dealkylation sites (N-methyl/N-ethyl adjacent to an activating group) is 1. The van der Waals surface area contributed by atoms with Crippen LogP contribution in [0.5, 0.6) is 0 Å². The number of rotatable bonds is 11. The van der Waals surface area contributed by atoms with Gasteiger partial charge in [0.15, 0.2) is 0 Å². The normalized spacial score (nSPS) is 14.2. The van der Waals surface area contributed by atoms with E-state index in [1.165, 1.54) is 36.2 Å². The van der Waals surface area contributed by atoms with Gasteiger partial charge in [0.1, 0.15) is 5.82 Å². The summed E-state index contributed by atoms with van der Waals surface area (Å²) in [5.74, 6) is 1.20. The molecule has 0 radical (unpaired) electrons. The first-order chi connectivity index (χ1) is 14.2. The summed E-state index contributed by atoms with van der Waals surface area (Å²) in [6.07, 6.45) is 10.8. The Hall–Kier alpha value is -2.11. The van der Waals surface area contributed by atoms with E-state index in [-0.39, 0.29) is 0 Å². The highest BCUT2D eigenvalue weighted by atomic mass is 16.5. The molecule has 1 aromatic heterocycles. The van der Waals surface area contributed by atoms with Gasteiger partial charge < -0.3 is 9.47 Å². The van der Waals surface area contributed by atoms with Crippen LogP contribution < -0.4 is 5.48 Å². The van der Waals surface area contributed by atoms with E-state index in [0.29, 0.717) is 0 Å². The molecule has 1 aliphatic rings. The summed E-state index contributed by atoms with van der Waals surface area (Å²) >= 11 is 0. The van der Waals surface area contributed by atoms with E-state index in [1.807, 2.05) is 6.08 Å². The Balaban J connectivity index is 1.85. The molecule has 2 N–H and O–H groups in total. The van der Waals surface area contributed by atoms with Gasteiger partial charge in [0.2, 0.25) is 0 Å². The molecule has 2 aromatic rings. The minimum absolute atomic E-state index is 0.838. The molecule has 1 saturated carbocycles. The van der Waals surface area contributed by atoms with Crippen molar-refractivity contribution in [2.45, 2.75) is 65.8 Å². The predicted octanol–water partition coefficient (Wildman–Crippen LogP) is 5.15. The summed E-state index contributed by atoms with van der Waals surface area (Å²) in [5.41, 5.74) is 7.89. The van der Waals surface area contributed by atoms with Crippen molar-refractivity contribution in [3.05, 3.63) is 46.9 Å². The third-order valence-corrected chi connectivity index (χ3v) is 6.04. The Morgan fingerprint density at radius 2 is 2.03 bits per heavy atom. The van der Waals surface area contributed by atoms with Crippen molar-refractivity contribution in [1.29, 1.82) is 0 Å². The van der Waals surface area contributed by atoms with Gasteiger partial charge in [0.25, 0.3) is 0 Å². The van der Waals surface area contributed by atoms with Crippen molar-refractivity contribution < 1.29 is 5.21 Å². The summed E-state index contributed by atoms with van der Waals surface area (Å²) in [4.78, 5) is 7.45. The van der Waals surface area contributed by atoms with Crippen molar-refractivity contribution in [2.75, 3.05) is 19.6 Å². The average molecular weight is 397 g/mol. The second kappa shape index (κ2) is 10.6. The Bertz CT molecular complexity index is 855. The number of allylic oxidation sites excluding steroid dienone is 2. The summed E-state index contributed by atoms with van der Waals surface area (Å²) in [7, 11) is 0. The molecule has 1 aromatic carbocycles. The van der Waals surface area contributed by atoms with Crippen LogP contribution in [-0.2, 0) is 13.0 Å². The smallest absolute Gasteiger partial charge is 0.109 e. The maximum Gasteiger partial charge on any atom is 0.109 e. The molecule has 3 rings (SSSR count). The Kier molecular flexibility index (Phi) is 7.90. The molecule has 1 fully saturated rings. The Morgan fingerprint density at radius 1 is 1.24 bits per heavy atom. The van der Waals surface area contributed by atoms with Crippen LogP contribution in [-0.4, -0.2) is 39.3 Å². The van der Waals surface area contributed by atoms with Gasteiger partial charge in [-0.25, -0.2) is 4.98 Å². The second-order valence-corrected chi connectivity index (χ2v) is 7.87. The molecule has 0 bridgehead atoms. The van der Waals surface area contributed by atoms with E-state index in [0.717, 1.165) is 62.2 Å². The van der Waals surface area contributed by atoms with E-state index < -0.39 is 0 Å². The fourth-order valence-corrected chi connectivity index (χ4v) is 3.89. The van der Waals surface area contributed by atoms with E-state index in [1.54, 1.807) is 0 Å². The zero-order valence-corrected chi connectivity index (χ0v) is 18.2. The zero-order valence-electron chi connectivity index (χ0n) is 18.2. The first kappa shape index (κ1) is 21.6. The van der Waals surface area contributed by atoms with E-state index in [4.69, 9.17) is 4.98 Å². The second-order valence-electron chi connectivity index (χ2n) is 7.87. The highest BCUT2D eigenvalue weighted by molar-refractivity contribution is 5.79. The van der Waals surface area contributed by atoms with Gasteiger partial charge in [-0.3, -0.25) is 10.7 Å². The molecular formula is C24H36N4O. The minimum Gasteiger partial charge on any atom is -0.327 e. The molecular weight excluding hydrogens is 360 g/mol. The number of fused-ring (bicyclic) bond motifs is 1. The van der Waals surface area contributed by atoms with Crippen LogP contribution in [0.4, 0.5) is 0 Å². The van der Waals surface area contributed by atoms with Crippen LogP contribution in [0.3, 0.4) is 0 Å². The number of benzene rings is 1. The molecule has 0 spiro atoms.